The van der Waals surface area contributed by atoms with Crippen molar-refractivity contribution in [2.45, 2.75) is 6.92 Å². The monoisotopic (exact) mass is 289 g/mol. The zero-order valence-electron chi connectivity index (χ0n) is 11.4. The fourth-order valence-corrected chi connectivity index (χ4v) is 3.34. The van der Waals surface area contributed by atoms with E-state index in [0.29, 0.717) is 28.9 Å². The average Bonchev–Trinajstić information content (AvgIpc) is 2.76. The van der Waals surface area contributed by atoms with Gasteiger partial charge in [0.05, 0.1) is 4.88 Å². The molecule has 0 saturated heterocycles. The molecule has 2 rings (SSSR count). The summed E-state index contributed by atoms with van der Waals surface area (Å²) in [6.07, 6.45) is 3.34. The van der Waals surface area contributed by atoms with E-state index in [2.05, 4.69) is 13.2 Å². The summed E-state index contributed by atoms with van der Waals surface area (Å²) < 4.78 is 14.7. The van der Waals surface area contributed by atoms with E-state index in [1.807, 2.05) is 6.07 Å². The molecule has 0 aliphatic heterocycles. The molecule has 0 bridgehead atoms. The molecule has 2 aromatic rings. The summed E-state index contributed by atoms with van der Waals surface area (Å²) in [5.74, 6) is -0.391. The molecule has 0 saturated carbocycles. The minimum atomic E-state index is -0.283. The third-order valence-electron chi connectivity index (χ3n) is 3.08. The third kappa shape index (κ3) is 2.51. The van der Waals surface area contributed by atoms with E-state index < -0.39 is 0 Å². The molecule has 0 aliphatic rings. The van der Waals surface area contributed by atoms with Crippen molar-refractivity contribution in [1.82, 2.24) is 4.90 Å². The highest BCUT2D eigenvalue weighted by atomic mass is 32.1. The molecule has 4 heteroatoms. The lowest BCUT2D eigenvalue weighted by Crippen LogP contribution is -2.31. The first kappa shape index (κ1) is 14.5. The van der Waals surface area contributed by atoms with Gasteiger partial charge in [0.2, 0.25) is 0 Å². The number of amides is 1. The molecule has 20 heavy (non-hydrogen) atoms. The van der Waals surface area contributed by atoms with Crippen LogP contribution in [-0.4, -0.2) is 23.9 Å². The van der Waals surface area contributed by atoms with E-state index in [0.717, 1.165) is 4.70 Å². The largest absolute Gasteiger partial charge is 0.331 e. The molecule has 1 aromatic carbocycles. The Balaban J connectivity index is 2.49. The molecule has 2 nitrogen and oxygen atoms in total. The first-order chi connectivity index (χ1) is 9.60. The quantitative estimate of drug-likeness (QED) is 0.757. The molecule has 0 spiro atoms. The van der Waals surface area contributed by atoms with Gasteiger partial charge in [-0.15, -0.1) is 24.5 Å². The summed E-state index contributed by atoms with van der Waals surface area (Å²) in [4.78, 5) is 14.8. The zero-order valence-corrected chi connectivity index (χ0v) is 12.2. The van der Waals surface area contributed by atoms with Crippen LogP contribution in [0.4, 0.5) is 4.39 Å². The number of hydrogen-bond acceptors (Lipinski definition) is 2. The van der Waals surface area contributed by atoms with Crippen LogP contribution in [0.1, 0.15) is 15.2 Å². The molecule has 1 aromatic heterocycles. The maximum Gasteiger partial charge on any atom is 0.264 e. The Bertz CT molecular complexity index is 664. The van der Waals surface area contributed by atoms with Gasteiger partial charge in [0.1, 0.15) is 5.82 Å². The smallest absolute Gasteiger partial charge is 0.264 e. The van der Waals surface area contributed by atoms with Crippen LogP contribution < -0.4 is 0 Å². The van der Waals surface area contributed by atoms with Crippen molar-refractivity contribution in [2.24, 2.45) is 0 Å². The van der Waals surface area contributed by atoms with Crippen molar-refractivity contribution < 1.29 is 9.18 Å². The summed E-state index contributed by atoms with van der Waals surface area (Å²) in [5, 5.41) is 0.540. The molecule has 104 valence electrons. The highest BCUT2D eigenvalue weighted by Gasteiger charge is 2.21. The maximum absolute atomic E-state index is 13.9. The van der Waals surface area contributed by atoms with Crippen molar-refractivity contribution in [2.75, 3.05) is 13.1 Å². The second kappa shape index (κ2) is 6.01. The van der Waals surface area contributed by atoms with Gasteiger partial charge in [-0.1, -0.05) is 18.2 Å². The molecule has 0 atom stereocenters. The Morgan fingerprint density at radius 1 is 1.35 bits per heavy atom. The number of halogens is 1. The Hall–Kier alpha value is -1.94. The van der Waals surface area contributed by atoms with Crippen molar-refractivity contribution in [1.29, 1.82) is 0 Å². The standard InChI is InChI=1S/C16H16FNOS/c1-4-9-18(10-5-2)16(19)15-11(3)14-12(17)7-6-8-13(14)20-15/h4-8H,1-2,9-10H2,3H3. The first-order valence-corrected chi connectivity index (χ1v) is 7.10. The van der Waals surface area contributed by atoms with Crippen LogP contribution in [0.2, 0.25) is 0 Å². The summed E-state index contributed by atoms with van der Waals surface area (Å²) in [7, 11) is 0. The summed E-state index contributed by atoms with van der Waals surface area (Å²) in [5.41, 5.74) is 0.700. The second-order valence-corrected chi connectivity index (χ2v) is 5.51. The summed E-state index contributed by atoms with van der Waals surface area (Å²) in [6.45, 7) is 9.98. The number of hydrogen-bond donors (Lipinski definition) is 0. The highest BCUT2D eigenvalue weighted by molar-refractivity contribution is 7.21. The van der Waals surface area contributed by atoms with E-state index >= 15 is 0 Å². The lowest BCUT2D eigenvalue weighted by Gasteiger charge is -2.18. The van der Waals surface area contributed by atoms with Gasteiger partial charge in [-0.25, -0.2) is 4.39 Å². The Morgan fingerprint density at radius 3 is 2.55 bits per heavy atom. The van der Waals surface area contributed by atoms with Crippen LogP contribution in [0.15, 0.2) is 43.5 Å². The third-order valence-corrected chi connectivity index (χ3v) is 4.33. The molecule has 0 unspecified atom stereocenters. The van der Waals surface area contributed by atoms with Crippen molar-refractivity contribution in [3.63, 3.8) is 0 Å². The number of nitrogens with zero attached hydrogens (tertiary/aromatic N) is 1. The van der Waals surface area contributed by atoms with E-state index in [1.165, 1.54) is 17.4 Å². The van der Waals surface area contributed by atoms with Crippen molar-refractivity contribution >= 4 is 27.3 Å². The Morgan fingerprint density at radius 2 is 2.00 bits per heavy atom. The van der Waals surface area contributed by atoms with E-state index in [4.69, 9.17) is 0 Å². The fourth-order valence-electron chi connectivity index (χ4n) is 2.15. The van der Waals surface area contributed by atoms with Crippen LogP contribution in [0, 0.1) is 12.7 Å². The number of thiophene rings is 1. The van der Waals surface area contributed by atoms with Gasteiger partial charge >= 0.3 is 0 Å². The SMILES string of the molecule is C=CCN(CC=C)C(=O)c1sc2cccc(F)c2c1C. The van der Waals surface area contributed by atoms with Crippen molar-refractivity contribution in [3.05, 3.63) is 59.8 Å². The predicted octanol–water partition coefficient (Wildman–Crippen LogP) is 4.16. The molecule has 1 amide bonds. The average molecular weight is 289 g/mol. The van der Waals surface area contributed by atoms with Gasteiger partial charge in [-0.3, -0.25) is 4.79 Å². The van der Waals surface area contributed by atoms with Gasteiger partial charge in [0.15, 0.2) is 0 Å². The Kier molecular flexibility index (Phi) is 4.35. The molecule has 0 fully saturated rings. The minimum absolute atomic E-state index is 0.108. The lowest BCUT2D eigenvalue weighted by atomic mass is 10.1. The van der Waals surface area contributed by atoms with Crippen LogP contribution in [0.3, 0.4) is 0 Å². The molecule has 0 N–H and O–H groups in total. The van der Waals surface area contributed by atoms with Crippen LogP contribution >= 0.6 is 11.3 Å². The van der Waals surface area contributed by atoms with E-state index in [-0.39, 0.29) is 11.7 Å². The molecule has 0 aliphatic carbocycles. The topological polar surface area (TPSA) is 20.3 Å². The Labute approximate surface area is 121 Å². The van der Waals surface area contributed by atoms with E-state index in [9.17, 15) is 9.18 Å². The van der Waals surface area contributed by atoms with Crippen LogP contribution in [0.5, 0.6) is 0 Å². The molecular formula is C16H16FNOS. The number of rotatable bonds is 5. The van der Waals surface area contributed by atoms with Gasteiger partial charge in [0, 0.05) is 23.2 Å². The zero-order chi connectivity index (χ0) is 14.7. The summed E-state index contributed by atoms with van der Waals surface area (Å²) in [6, 6.07) is 4.91. The molecule has 1 heterocycles. The number of benzene rings is 1. The number of carbonyl (C=O) groups excluding carboxylic acids is 1. The van der Waals surface area contributed by atoms with Crippen molar-refractivity contribution in [3.8, 4) is 0 Å². The lowest BCUT2D eigenvalue weighted by molar-refractivity contribution is 0.0795. The number of carbonyl (C=O) groups is 1. The minimum Gasteiger partial charge on any atom is -0.331 e. The highest BCUT2D eigenvalue weighted by Crippen LogP contribution is 2.33. The van der Waals surface area contributed by atoms with Crippen LogP contribution in [-0.2, 0) is 0 Å². The van der Waals surface area contributed by atoms with Gasteiger partial charge in [0.25, 0.3) is 5.91 Å². The van der Waals surface area contributed by atoms with E-state index in [1.54, 1.807) is 30.0 Å². The molecular weight excluding hydrogens is 273 g/mol. The van der Waals surface area contributed by atoms with Gasteiger partial charge in [-0.2, -0.15) is 0 Å². The normalized spacial score (nSPS) is 10.5. The van der Waals surface area contributed by atoms with Gasteiger partial charge < -0.3 is 4.90 Å². The fraction of sp³-hybridized carbons (Fsp3) is 0.188. The van der Waals surface area contributed by atoms with Gasteiger partial charge in [-0.05, 0) is 24.6 Å². The number of aryl methyl sites for hydroxylation is 1. The van der Waals surface area contributed by atoms with Crippen LogP contribution in [0.25, 0.3) is 10.1 Å². The predicted molar refractivity (Wildman–Crippen MR) is 82.8 cm³/mol. The second-order valence-electron chi connectivity index (χ2n) is 4.46. The maximum atomic E-state index is 13.9. The molecule has 0 radical (unpaired) electrons. The summed E-state index contributed by atoms with van der Waals surface area (Å²) >= 11 is 1.33. The number of fused-ring (bicyclic) bond motifs is 1. The first-order valence-electron chi connectivity index (χ1n) is 6.28.